The summed E-state index contributed by atoms with van der Waals surface area (Å²) in [4.78, 5) is 22.1. The monoisotopic (exact) mass is 502 g/mol. The summed E-state index contributed by atoms with van der Waals surface area (Å²) in [6, 6.07) is 14.3. The van der Waals surface area contributed by atoms with Crippen molar-refractivity contribution in [3.63, 3.8) is 0 Å². The highest BCUT2D eigenvalue weighted by Gasteiger charge is 2.26. The maximum absolute atomic E-state index is 11.5. The van der Waals surface area contributed by atoms with Crippen LogP contribution in [-0.4, -0.2) is 34.9 Å². The Morgan fingerprint density at radius 1 is 1.25 bits per heavy atom. The van der Waals surface area contributed by atoms with Gasteiger partial charge in [-0.25, -0.2) is 0 Å². The Balaban J connectivity index is 1.47. The van der Waals surface area contributed by atoms with Crippen molar-refractivity contribution in [2.75, 3.05) is 6.54 Å². The Morgan fingerprint density at radius 2 is 2.06 bits per heavy atom. The molecule has 0 aliphatic heterocycles. The van der Waals surface area contributed by atoms with Gasteiger partial charge in [-0.3, -0.25) is 9.59 Å². The summed E-state index contributed by atoms with van der Waals surface area (Å²) in [7, 11) is 0. The predicted octanol–water partition coefficient (Wildman–Crippen LogP) is 5.29. The molecule has 4 rings (SSSR count). The van der Waals surface area contributed by atoms with Crippen LogP contribution in [0.5, 0.6) is 5.75 Å². The number of nitrogens with zero attached hydrogens (tertiary/aromatic N) is 3. The number of carbonyl (C=O) groups excluding carboxylic acids is 2. The minimum atomic E-state index is -0.328. The van der Waals surface area contributed by atoms with Crippen LogP contribution in [0.1, 0.15) is 62.8 Å². The topological polar surface area (TPSA) is 105 Å². The molecule has 1 N–H and O–H groups in total. The number of benzene rings is 2. The van der Waals surface area contributed by atoms with Gasteiger partial charge in [-0.2, -0.15) is 5.26 Å². The van der Waals surface area contributed by atoms with Crippen molar-refractivity contribution in [2.45, 2.75) is 58.6 Å². The standard InChI is InChI=1S/C28H30N4O3S/c1-17(2)35-26-12-9-19(14-20(26)15-29)27-31-32-28(36-27)23-8-4-7-22-21(23)10-11-24(22)30-13-5-6-18(3)25(34)16-33/h4,7-9,12,14,16-18,24,30H,5-6,10-11,13H2,1-3H3. The van der Waals surface area contributed by atoms with Crippen molar-refractivity contribution >= 4 is 23.4 Å². The molecule has 3 aromatic rings. The number of hydrogen-bond donors (Lipinski definition) is 1. The summed E-state index contributed by atoms with van der Waals surface area (Å²) in [5.74, 6) is 0.0257. The second kappa shape index (κ2) is 11.5. The molecule has 2 atom stereocenters. The lowest BCUT2D eigenvalue weighted by atomic mass is 10.0. The third-order valence-corrected chi connectivity index (χ3v) is 7.45. The molecule has 0 fully saturated rings. The van der Waals surface area contributed by atoms with Crippen LogP contribution in [0.15, 0.2) is 36.4 Å². The molecule has 7 nitrogen and oxygen atoms in total. The number of nitrogens with one attached hydrogen (secondary N) is 1. The van der Waals surface area contributed by atoms with E-state index in [1.807, 2.05) is 26.0 Å². The molecule has 186 valence electrons. The summed E-state index contributed by atoms with van der Waals surface area (Å²) < 4.78 is 5.73. The third-order valence-electron chi connectivity index (χ3n) is 6.44. The first kappa shape index (κ1) is 25.7. The molecule has 8 heteroatoms. The number of nitriles is 1. The van der Waals surface area contributed by atoms with Gasteiger partial charge in [0.15, 0.2) is 12.1 Å². The van der Waals surface area contributed by atoms with E-state index in [1.54, 1.807) is 13.0 Å². The SMILES string of the molecule is CC(C)Oc1ccc(-c2nnc(-c3cccc4c3CCC4NCCCC(C)C(=O)C=O)s2)cc1C#N. The zero-order valence-electron chi connectivity index (χ0n) is 20.8. The van der Waals surface area contributed by atoms with Crippen molar-refractivity contribution in [3.8, 4) is 33.0 Å². The van der Waals surface area contributed by atoms with E-state index >= 15 is 0 Å². The van der Waals surface area contributed by atoms with Gasteiger partial charge in [0.2, 0.25) is 0 Å². The van der Waals surface area contributed by atoms with Crippen molar-refractivity contribution in [2.24, 2.45) is 5.92 Å². The number of ether oxygens (including phenoxy) is 1. The molecule has 1 aliphatic carbocycles. The Bertz CT molecular complexity index is 1290. The van der Waals surface area contributed by atoms with Gasteiger partial charge in [0.1, 0.15) is 21.8 Å². The van der Waals surface area contributed by atoms with Gasteiger partial charge in [0.05, 0.1) is 11.7 Å². The predicted molar refractivity (Wildman–Crippen MR) is 140 cm³/mol. The molecule has 0 amide bonds. The number of rotatable bonds is 11. The number of carbonyl (C=O) groups is 2. The average molecular weight is 503 g/mol. The lowest BCUT2D eigenvalue weighted by Gasteiger charge is -2.15. The summed E-state index contributed by atoms with van der Waals surface area (Å²) in [5, 5.41) is 23.7. The zero-order valence-corrected chi connectivity index (χ0v) is 21.6. The van der Waals surface area contributed by atoms with E-state index in [4.69, 9.17) is 4.74 Å². The van der Waals surface area contributed by atoms with Gasteiger partial charge in [-0.05, 0) is 75.4 Å². The molecular formula is C28H30N4O3S. The maximum atomic E-state index is 11.5. The molecular weight excluding hydrogens is 472 g/mol. The minimum Gasteiger partial charge on any atom is -0.490 e. The molecule has 1 heterocycles. The Hall–Kier alpha value is -3.41. The number of aldehydes is 1. The quantitative estimate of drug-likeness (QED) is 0.216. The first-order valence-electron chi connectivity index (χ1n) is 12.3. The van der Waals surface area contributed by atoms with Crippen molar-refractivity contribution < 1.29 is 14.3 Å². The van der Waals surface area contributed by atoms with E-state index < -0.39 is 0 Å². The van der Waals surface area contributed by atoms with Gasteiger partial charge in [-0.15, -0.1) is 10.2 Å². The van der Waals surface area contributed by atoms with Crippen LogP contribution in [-0.2, 0) is 16.0 Å². The number of fused-ring (bicyclic) bond motifs is 1. The number of Topliss-reactive ketones (excluding diaryl/α,β-unsaturated/α-hetero) is 1. The van der Waals surface area contributed by atoms with E-state index in [2.05, 4.69) is 39.8 Å². The zero-order chi connectivity index (χ0) is 25.7. The average Bonchev–Trinajstić information content (AvgIpc) is 3.53. The summed E-state index contributed by atoms with van der Waals surface area (Å²) >= 11 is 1.52. The molecule has 1 aliphatic rings. The fourth-order valence-corrected chi connectivity index (χ4v) is 5.46. The van der Waals surface area contributed by atoms with E-state index in [1.165, 1.54) is 22.5 Å². The van der Waals surface area contributed by atoms with Crippen LogP contribution in [0.25, 0.3) is 21.1 Å². The van der Waals surface area contributed by atoms with Gasteiger partial charge >= 0.3 is 0 Å². The maximum Gasteiger partial charge on any atom is 0.197 e. The Morgan fingerprint density at radius 3 is 2.81 bits per heavy atom. The lowest BCUT2D eigenvalue weighted by molar-refractivity contribution is -0.132. The molecule has 0 bridgehead atoms. The van der Waals surface area contributed by atoms with Crippen LogP contribution in [0.4, 0.5) is 0 Å². The molecule has 2 aromatic carbocycles. The molecule has 0 spiro atoms. The smallest absolute Gasteiger partial charge is 0.197 e. The fraction of sp³-hybridized carbons (Fsp3) is 0.393. The van der Waals surface area contributed by atoms with Gasteiger partial charge in [0, 0.05) is 23.1 Å². The first-order valence-corrected chi connectivity index (χ1v) is 13.1. The fourth-order valence-electron chi connectivity index (χ4n) is 4.57. The lowest BCUT2D eigenvalue weighted by Crippen LogP contribution is -2.22. The Labute approximate surface area is 215 Å². The van der Waals surface area contributed by atoms with Crippen LogP contribution in [0, 0.1) is 17.2 Å². The molecule has 36 heavy (non-hydrogen) atoms. The van der Waals surface area contributed by atoms with Gasteiger partial charge in [-0.1, -0.05) is 36.5 Å². The highest BCUT2D eigenvalue weighted by molar-refractivity contribution is 7.17. The van der Waals surface area contributed by atoms with Crippen LogP contribution in [0.3, 0.4) is 0 Å². The number of aromatic nitrogens is 2. The van der Waals surface area contributed by atoms with Crippen molar-refractivity contribution in [1.29, 1.82) is 5.26 Å². The number of ketones is 1. The van der Waals surface area contributed by atoms with Crippen molar-refractivity contribution in [1.82, 2.24) is 15.5 Å². The van der Waals surface area contributed by atoms with Crippen molar-refractivity contribution in [3.05, 3.63) is 53.1 Å². The largest absolute Gasteiger partial charge is 0.490 e. The second-order valence-electron chi connectivity index (χ2n) is 9.38. The minimum absolute atomic E-state index is 0.00945. The van der Waals surface area contributed by atoms with Gasteiger partial charge < -0.3 is 10.1 Å². The van der Waals surface area contributed by atoms with E-state index in [0.29, 0.717) is 24.0 Å². The highest BCUT2D eigenvalue weighted by atomic mass is 32.1. The molecule has 0 saturated carbocycles. The van der Waals surface area contributed by atoms with E-state index in [9.17, 15) is 14.9 Å². The second-order valence-corrected chi connectivity index (χ2v) is 10.4. The van der Waals surface area contributed by atoms with E-state index in [0.717, 1.165) is 46.9 Å². The highest BCUT2D eigenvalue weighted by Crippen LogP contribution is 2.40. The van der Waals surface area contributed by atoms with Gasteiger partial charge in [0.25, 0.3) is 0 Å². The normalized spacial score (nSPS) is 15.4. The molecule has 0 radical (unpaired) electrons. The Kier molecular flexibility index (Phi) is 8.24. The summed E-state index contributed by atoms with van der Waals surface area (Å²) in [6.07, 6.45) is 3.92. The summed E-state index contributed by atoms with van der Waals surface area (Å²) in [5.41, 5.74) is 5.01. The third kappa shape index (κ3) is 5.69. The van der Waals surface area contributed by atoms with E-state index in [-0.39, 0.29) is 23.8 Å². The number of hydrogen-bond acceptors (Lipinski definition) is 8. The molecule has 2 unspecified atom stereocenters. The first-order chi connectivity index (χ1) is 17.4. The van der Waals surface area contributed by atoms with Crippen LogP contribution in [0.2, 0.25) is 0 Å². The molecule has 0 saturated heterocycles. The summed E-state index contributed by atoms with van der Waals surface area (Å²) in [6.45, 7) is 6.47. The van der Waals surface area contributed by atoms with Crippen LogP contribution >= 0.6 is 11.3 Å². The van der Waals surface area contributed by atoms with Crippen LogP contribution < -0.4 is 10.1 Å². The molecule has 1 aromatic heterocycles.